The van der Waals surface area contributed by atoms with Crippen molar-refractivity contribution in [3.63, 3.8) is 0 Å². The van der Waals surface area contributed by atoms with Gasteiger partial charge < -0.3 is 15.1 Å². The first kappa shape index (κ1) is 17.3. The van der Waals surface area contributed by atoms with Crippen molar-refractivity contribution < 1.29 is 9.59 Å². The number of likely N-dealkylation sites (tertiary alicyclic amines) is 1. The lowest BCUT2D eigenvalue weighted by Gasteiger charge is -2.42. The number of nitrogens with one attached hydrogen (secondary N) is 1. The summed E-state index contributed by atoms with van der Waals surface area (Å²) >= 11 is 0. The number of hydrogen-bond acceptors (Lipinski definition) is 4. The van der Waals surface area contributed by atoms with Crippen molar-refractivity contribution in [2.75, 3.05) is 31.6 Å². The van der Waals surface area contributed by atoms with E-state index in [0.717, 1.165) is 44.7 Å². The van der Waals surface area contributed by atoms with Gasteiger partial charge in [-0.05, 0) is 44.2 Å². The Labute approximate surface area is 155 Å². The molecule has 0 aromatic carbocycles. The highest BCUT2D eigenvalue weighted by molar-refractivity contribution is 5.92. The zero-order valence-corrected chi connectivity index (χ0v) is 15.5. The van der Waals surface area contributed by atoms with E-state index in [1.54, 1.807) is 13.1 Å². The normalized spacial score (nSPS) is 26.7. The molecule has 1 atom stereocenters. The predicted octanol–water partition coefficient (Wildman–Crippen LogP) is 2.20. The number of carbonyl (C=O) groups is 2. The molecule has 0 radical (unpaired) electrons. The molecule has 2 amide bonds. The molecule has 1 saturated carbocycles. The molecule has 1 aromatic heterocycles. The third kappa shape index (κ3) is 2.95. The third-order valence-corrected chi connectivity index (χ3v) is 6.41. The second kappa shape index (κ2) is 6.89. The summed E-state index contributed by atoms with van der Waals surface area (Å²) in [5.41, 5.74) is 0.166. The summed E-state index contributed by atoms with van der Waals surface area (Å²) in [7, 11) is 1.61. The van der Waals surface area contributed by atoms with E-state index >= 15 is 0 Å². The molecule has 3 fully saturated rings. The van der Waals surface area contributed by atoms with Gasteiger partial charge in [0.15, 0.2) is 0 Å². The van der Waals surface area contributed by atoms with Crippen LogP contribution in [0.3, 0.4) is 0 Å². The van der Waals surface area contributed by atoms with Crippen LogP contribution in [0.1, 0.15) is 55.4 Å². The average Bonchev–Trinajstić information content (AvgIpc) is 3.34. The van der Waals surface area contributed by atoms with Crippen LogP contribution < -0.4 is 10.2 Å². The average molecular weight is 356 g/mol. The second-order valence-electron chi connectivity index (χ2n) is 7.95. The maximum atomic E-state index is 13.3. The van der Waals surface area contributed by atoms with Gasteiger partial charge in [0.05, 0.1) is 5.41 Å². The number of aromatic nitrogens is 1. The standard InChI is InChI=1S/C20H28N4O2/c1-21-18(25)16-8-4-9-17(22-16)23-13-11-20(14-23)10-5-12-24(19(20)26)15-6-2-3-7-15/h4,8-9,15H,2-3,5-7,10-14H2,1H3,(H,21,25)/t20-/m0/s1. The van der Waals surface area contributed by atoms with Crippen molar-refractivity contribution in [3.8, 4) is 0 Å². The molecule has 1 aromatic rings. The summed E-state index contributed by atoms with van der Waals surface area (Å²) in [6.45, 7) is 2.48. The summed E-state index contributed by atoms with van der Waals surface area (Å²) in [6.07, 6.45) is 7.81. The summed E-state index contributed by atoms with van der Waals surface area (Å²) < 4.78 is 0. The fourth-order valence-corrected chi connectivity index (χ4v) is 4.97. The van der Waals surface area contributed by atoms with Crippen molar-refractivity contribution in [3.05, 3.63) is 23.9 Å². The molecule has 4 rings (SSSR count). The van der Waals surface area contributed by atoms with Crippen molar-refractivity contribution in [1.29, 1.82) is 0 Å². The number of carbonyl (C=O) groups excluding carboxylic acids is 2. The van der Waals surface area contributed by atoms with E-state index in [4.69, 9.17) is 0 Å². The minimum atomic E-state index is -0.258. The Kier molecular flexibility index (Phi) is 4.59. The maximum absolute atomic E-state index is 13.3. The van der Waals surface area contributed by atoms with E-state index in [1.165, 1.54) is 25.7 Å². The molecular formula is C20H28N4O2. The van der Waals surface area contributed by atoms with Crippen LogP contribution in [-0.2, 0) is 4.79 Å². The van der Waals surface area contributed by atoms with Gasteiger partial charge in [0.2, 0.25) is 5.91 Å². The van der Waals surface area contributed by atoms with Gasteiger partial charge in [-0.2, -0.15) is 0 Å². The number of piperidine rings is 1. The summed E-state index contributed by atoms with van der Waals surface area (Å²) in [6, 6.07) is 5.99. The van der Waals surface area contributed by atoms with Crippen molar-refractivity contribution in [2.24, 2.45) is 5.41 Å². The summed E-state index contributed by atoms with van der Waals surface area (Å²) in [4.78, 5) is 34.1. The lowest BCUT2D eigenvalue weighted by molar-refractivity contribution is -0.147. The Bertz CT molecular complexity index is 701. The number of pyridine rings is 1. The van der Waals surface area contributed by atoms with Crippen molar-refractivity contribution in [1.82, 2.24) is 15.2 Å². The van der Waals surface area contributed by atoms with Gasteiger partial charge in [-0.25, -0.2) is 4.98 Å². The van der Waals surface area contributed by atoms with Crippen LogP contribution in [0.4, 0.5) is 5.82 Å². The van der Waals surface area contributed by atoms with Crippen LogP contribution in [0, 0.1) is 5.41 Å². The molecule has 1 spiro atoms. The molecule has 2 aliphatic heterocycles. The van der Waals surface area contributed by atoms with E-state index in [1.807, 2.05) is 12.1 Å². The van der Waals surface area contributed by atoms with Gasteiger partial charge in [0.1, 0.15) is 11.5 Å². The first-order valence-corrected chi connectivity index (χ1v) is 9.88. The van der Waals surface area contributed by atoms with E-state index in [-0.39, 0.29) is 11.3 Å². The molecule has 0 unspecified atom stereocenters. The highest BCUT2D eigenvalue weighted by Gasteiger charge is 2.50. The second-order valence-corrected chi connectivity index (χ2v) is 7.95. The quantitative estimate of drug-likeness (QED) is 0.902. The molecule has 2 saturated heterocycles. The van der Waals surface area contributed by atoms with Crippen LogP contribution >= 0.6 is 0 Å². The fraction of sp³-hybridized carbons (Fsp3) is 0.650. The zero-order chi connectivity index (χ0) is 18.1. The maximum Gasteiger partial charge on any atom is 0.269 e. The topological polar surface area (TPSA) is 65.5 Å². The van der Waals surface area contributed by atoms with Gasteiger partial charge in [-0.15, -0.1) is 0 Å². The molecule has 140 valence electrons. The van der Waals surface area contributed by atoms with Gasteiger partial charge in [0.25, 0.3) is 5.91 Å². The highest BCUT2D eigenvalue weighted by atomic mass is 16.2. The van der Waals surface area contributed by atoms with Gasteiger partial charge >= 0.3 is 0 Å². The molecular weight excluding hydrogens is 328 g/mol. The van der Waals surface area contributed by atoms with Crippen LogP contribution in [-0.4, -0.2) is 54.4 Å². The molecule has 0 bridgehead atoms. The van der Waals surface area contributed by atoms with E-state index in [0.29, 0.717) is 17.6 Å². The van der Waals surface area contributed by atoms with Crippen LogP contribution in [0.2, 0.25) is 0 Å². The minimum absolute atomic E-state index is 0.179. The van der Waals surface area contributed by atoms with Crippen molar-refractivity contribution >= 4 is 17.6 Å². The molecule has 3 aliphatic rings. The van der Waals surface area contributed by atoms with Gasteiger partial charge in [-0.1, -0.05) is 18.9 Å². The zero-order valence-electron chi connectivity index (χ0n) is 15.5. The predicted molar refractivity (Wildman–Crippen MR) is 100 cm³/mol. The molecule has 6 nitrogen and oxygen atoms in total. The van der Waals surface area contributed by atoms with E-state index in [2.05, 4.69) is 20.1 Å². The summed E-state index contributed by atoms with van der Waals surface area (Å²) in [5.74, 6) is 0.983. The Morgan fingerprint density at radius 2 is 2.00 bits per heavy atom. The largest absolute Gasteiger partial charge is 0.355 e. The third-order valence-electron chi connectivity index (χ3n) is 6.41. The number of hydrogen-bond donors (Lipinski definition) is 1. The highest BCUT2D eigenvalue weighted by Crippen LogP contribution is 2.43. The van der Waals surface area contributed by atoms with Gasteiger partial charge in [0, 0.05) is 32.7 Å². The smallest absolute Gasteiger partial charge is 0.269 e. The number of rotatable bonds is 3. The van der Waals surface area contributed by atoms with Gasteiger partial charge in [-0.3, -0.25) is 9.59 Å². The van der Waals surface area contributed by atoms with Crippen LogP contribution in [0.5, 0.6) is 0 Å². The Morgan fingerprint density at radius 3 is 2.77 bits per heavy atom. The molecule has 6 heteroatoms. The number of amides is 2. The van der Waals surface area contributed by atoms with E-state index in [9.17, 15) is 9.59 Å². The minimum Gasteiger partial charge on any atom is -0.355 e. The molecule has 3 heterocycles. The summed E-state index contributed by atoms with van der Waals surface area (Å²) in [5, 5.41) is 2.62. The first-order valence-electron chi connectivity index (χ1n) is 9.88. The molecule has 1 aliphatic carbocycles. The Morgan fingerprint density at radius 1 is 1.19 bits per heavy atom. The Hall–Kier alpha value is -2.11. The SMILES string of the molecule is CNC(=O)c1cccc(N2CC[C@@]3(CCCN(C4CCCC4)C3=O)C2)n1. The number of nitrogens with zero attached hydrogens (tertiary/aromatic N) is 3. The first-order chi connectivity index (χ1) is 12.6. The van der Waals surface area contributed by atoms with E-state index < -0.39 is 0 Å². The lowest BCUT2D eigenvalue weighted by atomic mass is 9.77. The Balaban J connectivity index is 1.52. The van der Waals surface area contributed by atoms with Crippen LogP contribution in [0.25, 0.3) is 0 Å². The fourth-order valence-electron chi connectivity index (χ4n) is 4.97. The molecule has 26 heavy (non-hydrogen) atoms. The van der Waals surface area contributed by atoms with Crippen LogP contribution in [0.15, 0.2) is 18.2 Å². The molecule has 1 N–H and O–H groups in total. The lowest BCUT2D eigenvalue weighted by Crippen LogP contribution is -2.53. The number of anilines is 1. The van der Waals surface area contributed by atoms with Crippen molar-refractivity contribution in [2.45, 2.75) is 51.0 Å². The monoisotopic (exact) mass is 356 g/mol.